The van der Waals surface area contributed by atoms with Gasteiger partial charge in [0.1, 0.15) is 5.84 Å². The van der Waals surface area contributed by atoms with Crippen molar-refractivity contribution < 1.29 is 14.7 Å². The van der Waals surface area contributed by atoms with Crippen molar-refractivity contribution >= 4 is 23.4 Å². The van der Waals surface area contributed by atoms with Gasteiger partial charge in [-0.2, -0.15) is 0 Å². The number of amides is 1. The Morgan fingerprint density at radius 1 is 1.32 bits per heavy atom. The molecule has 0 unspecified atom stereocenters. The smallest absolute Gasteiger partial charge is 0.304 e. The second-order valence-corrected chi connectivity index (χ2v) is 7.85. The van der Waals surface area contributed by atoms with Crippen LogP contribution in [0.5, 0.6) is 0 Å². The lowest BCUT2D eigenvalue weighted by Gasteiger charge is -2.38. The first-order chi connectivity index (χ1) is 13.3. The Bertz CT molecular complexity index is 728. The quantitative estimate of drug-likeness (QED) is 0.406. The van der Waals surface area contributed by atoms with E-state index in [0.717, 1.165) is 43.7 Å². The number of piperidine rings is 1. The summed E-state index contributed by atoms with van der Waals surface area (Å²) in [6, 6.07) is 8.26. The predicted octanol–water partition coefficient (Wildman–Crippen LogP) is 0.851. The fourth-order valence-electron chi connectivity index (χ4n) is 4.25. The Morgan fingerprint density at radius 2 is 1.96 bits per heavy atom. The van der Waals surface area contributed by atoms with Gasteiger partial charge in [-0.3, -0.25) is 15.0 Å². The summed E-state index contributed by atoms with van der Waals surface area (Å²) in [6.45, 7) is 2.65. The molecule has 2 aliphatic rings. The number of benzene rings is 1. The largest absolute Gasteiger partial charge is 0.481 e. The highest BCUT2D eigenvalue weighted by molar-refractivity contribution is 5.95. The van der Waals surface area contributed by atoms with Crippen molar-refractivity contribution in [3.63, 3.8) is 0 Å². The topological polar surface area (TPSA) is 123 Å². The van der Waals surface area contributed by atoms with Crippen LogP contribution in [-0.4, -0.2) is 66.5 Å². The lowest BCUT2D eigenvalue weighted by Crippen LogP contribution is -2.47. The van der Waals surface area contributed by atoms with Crippen molar-refractivity contribution in [1.82, 2.24) is 10.2 Å². The van der Waals surface area contributed by atoms with Crippen LogP contribution in [0.3, 0.4) is 0 Å². The number of likely N-dealkylation sites (N-methyl/N-ethyl adjacent to an activating group) is 1. The zero-order chi connectivity index (χ0) is 20.3. The number of rotatable bonds is 7. The Hall–Kier alpha value is -2.61. The molecule has 0 aliphatic carbocycles. The van der Waals surface area contributed by atoms with Gasteiger partial charge in [-0.15, -0.1) is 0 Å². The summed E-state index contributed by atoms with van der Waals surface area (Å²) in [6.07, 6.45) is 2.57. The summed E-state index contributed by atoms with van der Waals surface area (Å²) in [5, 5.41) is 19.3. The summed E-state index contributed by atoms with van der Waals surface area (Å²) >= 11 is 0. The standard InChI is InChI=1S/C20H29N5O3/c1-24(12-15-10-14(11-18(26)27)20(28)23-15)16-6-8-25(9-7-16)17-4-2-13(3-5-17)19(21)22/h2-5,14-16H,6-12H2,1H3,(H3,21,22)(H,23,28)(H,26,27)/t14-,15-/m0/s1. The summed E-state index contributed by atoms with van der Waals surface area (Å²) in [5.41, 5.74) is 7.39. The first-order valence-electron chi connectivity index (χ1n) is 9.75. The zero-order valence-electron chi connectivity index (χ0n) is 16.2. The third-order valence-corrected chi connectivity index (χ3v) is 5.85. The van der Waals surface area contributed by atoms with Gasteiger partial charge in [0.05, 0.1) is 12.3 Å². The minimum Gasteiger partial charge on any atom is -0.481 e. The maximum absolute atomic E-state index is 11.9. The molecule has 0 radical (unpaired) electrons. The van der Waals surface area contributed by atoms with Crippen LogP contribution in [0, 0.1) is 11.3 Å². The Balaban J connectivity index is 1.47. The number of nitrogens with one attached hydrogen (secondary N) is 2. The molecule has 8 heteroatoms. The molecule has 152 valence electrons. The van der Waals surface area contributed by atoms with Crippen molar-refractivity contribution in [3.8, 4) is 0 Å². The van der Waals surface area contributed by atoms with Crippen LogP contribution in [0.25, 0.3) is 0 Å². The Morgan fingerprint density at radius 3 is 2.54 bits per heavy atom. The molecule has 1 amide bonds. The second kappa shape index (κ2) is 8.60. The van der Waals surface area contributed by atoms with Crippen LogP contribution >= 0.6 is 0 Å². The molecule has 3 rings (SSSR count). The SMILES string of the molecule is CN(C[C@@H]1C[C@@H](CC(=O)O)C(=O)N1)C1CCN(c2ccc(C(=N)N)cc2)CC1. The molecule has 1 aromatic carbocycles. The highest BCUT2D eigenvalue weighted by Gasteiger charge is 2.35. The minimum atomic E-state index is -0.919. The number of anilines is 1. The molecule has 2 saturated heterocycles. The first kappa shape index (κ1) is 20.1. The molecular weight excluding hydrogens is 358 g/mol. The van der Waals surface area contributed by atoms with Crippen molar-refractivity contribution in [2.24, 2.45) is 11.7 Å². The molecule has 2 heterocycles. The summed E-state index contributed by atoms with van der Waals surface area (Å²) < 4.78 is 0. The second-order valence-electron chi connectivity index (χ2n) is 7.85. The number of aliphatic carboxylic acids is 1. The number of nitrogens with zero attached hydrogens (tertiary/aromatic N) is 2. The average molecular weight is 387 g/mol. The van der Waals surface area contributed by atoms with Crippen LogP contribution in [0.15, 0.2) is 24.3 Å². The Kier molecular flexibility index (Phi) is 6.18. The van der Waals surface area contributed by atoms with Gasteiger partial charge in [-0.05, 0) is 50.6 Å². The van der Waals surface area contributed by atoms with E-state index in [1.165, 1.54) is 0 Å². The van der Waals surface area contributed by atoms with Gasteiger partial charge in [0.25, 0.3) is 0 Å². The molecule has 2 aliphatic heterocycles. The monoisotopic (exact) mass is 387 g/mol. The summed E-state index contributed by atoms with van der Waals surface area (Å²) in [5.74, 6) is -1.38. The maximum atomic E-state index is 11.9. The van der Waals surface area contributed by atoms with Crippen LogP contribution in [0.4, 0.5) is 5.69 Å². The van der Waals surface area contributed by atoms with Crippen LogP contribution in [0.2, 0.25) is 0 Å². The number of hydrogen-bond donors (Lipinski definition) is 4. The van der Waals surface area contributed by atoms with E-state index in [-0.39, 0.29) is 24.2 Å². The molecule has 0 saturated carbocycles. The van der Waals surface area contributed by atoms with Gasteiger partial charge in [0, 0.05) is 43.0 Å². The fraction of sp³-hybridized carbons (Fsp3) is 0.550. The number of carboxylic acids is 1. The van der Waals surface area contributed by atoms with Gasteiger partial charge >= 0.3 is 5.97 Å². The molecular formula is C20H29N5O3. The van der Waals surface area contributed by atoms with Crippen molar-refractivity contribution in [1.29, 1.82) is 5.41 Å². The highest BCUT2D eigenvalue weighted by atomic mass is 16.4. The number of nitrogen functional groups attached to an aromatic ring is 1. The number of carboxylic acid groups (broad SMARTS) is 1. The molecule has 28 heavy (non-hydrogen) atoms. The number of carbonyl (C=O) groups is 2. The number of nitrogens with two attached hydrogens (primary N) is 1. The lowest BCUT2D eigenvalue weighted by atomic mass is 9.99. The van der Waals surface area contributed by atoms with Crippen LogP contribution in [0.1, 0.15) is 31.2 Å². The van der Waals surface area contributed by atoms with Crippen LogP contribution in [-0.2, 0) is 9.59 Å². The third-order valence-electron chi connectivity index (χ3n) is 5.85. The number of carbonyl (C=O) groups excluding carboxylic acids is 1. The number of hydrogen-bond acceptors (Lipinski definition) is 5. The van der Waals surface area contributed by atoms with E-state index >= 15 is 0 Å². The first-order valence-corrected chi connectivity index (χ1v) is 9.75. The van der Waals surface area contributed by atoms with E-state index in [1.54, 1.807) is 0 Å². The van der Waals surface area contributed by atoms with Crippen molar-refractivity contribution in [2.45, 2.75) is 37.8 Å². The fourth-order valence-corrected chi connectivity index (χ4v) is 4.25. The van der Waals surface area contributed by atoms with E-state index < -0.39 is 11.9 Å². The average Bonchev–Trinajstić information content (AvgIpc) is 3.00. The lowest BCUT2D eigenvalue weighted by molar-refractivity contribution is -0.140. The maximum Gasteiger partial charge on any atom is 0.304 e. The van der Waals surface area contributed by atoms with Crippen molar-refractivity contribution in [2.75, 3.05) is 31.6 Å². The summed E-state index contributed by atoms with van der Waals surface area (Å²) in [4.78, 5) is 27.4. The molecule has 2 atom stereocenters. The minimum absolute atomic E-state index is 0.0269. The van der Waals surface area contributed by atoms with E-state index in [9.17, 15) is 9.59 Å². The predicted molar refractivity (Wildman–Crippen MR) is 108 cm³/mol. The van der Waals surface area contributed by atoms with Gasteiger partial charge in [-0.1, -0.05) is 0 Å². The normalized spacial score (nSPS) is 23.1. The van der Waals surface area contributed by atoms with E-state index in [2.05, 4.69) is 22.2 Å². The van der Waals surface area contributed by atoms with Gasteiger partial charge in [0.2, 0.25) is 5.91 Å². The van der Waals surface area contributed by atoms with E-state index in [1.807, 2.05) is 24.3 Å². The Labute approximate surface area is 165 Å². The van der Waals surface area contributed by atoms with Crippen molar-refractivity contribution in [3.05, 3.63) is 29.8 Å². The molecule has 8 nitrogen and oxygen atoms in total. The number of amidine groups is 1. The molecule has 1 aromatic rings. The van der Waals surface area contributed by atoms with E-state index in [4.69, 9.17) is 16.2 Å². The summed E-state index contributed by atoms with van der Waals surface area (Å²) in [7, 11) is 2.08. The van der Waals surface area contributed by atoms with Gasteiger partial charge in [-0.25, -0.2) is 0 Å². The van der Waals surface area contributed by atoms with Gasteiger partial charge < -0.3 is 26.0 Å². The molecule has 0 bridgehead atoms. The van der Waals surface area contributed by atoms with E-state index in [0.29, 0.717) is 12.5 Å². The highest BCUT2D eigenvalue weighted by Crippen LogP contribution is 2.24. The molecule has 0 aromatic heterocycles. The third kappa shape index (κ3) is 4.81. The van der Waals surface area contributed by atoms with Crippen LogP contribution < -0.4 is 16.0 Å². The zero-order valence-corrected chi connectivity index (χ0v) is 16.2. The van der Waals surface area contributed by atoms with Gasteiger partial charge in [0.15, 0.2) is 0 Å². The molecule has 0 spiro atoms. The molecule has 5 N–H and O–H groups in total. The molecule has 2 fully saturated rings.